The summed E-state index contributed by atoms with van der Waals surface area (Å²) in [7, 11) is 1.66. The molecule has 1 unspecified atom stereocenters. The van der Waals surface area contributed by atoms with Crippen LogP contribution in [0.1, 0.15) is 41.2 Å². The summed E-state index contributed by atoms with van der Waals surface area (Å²) in [6.07, 6.45) is 4.05. The molecule has 2 aliphatic heterocycles. The predicted octanol–water partition coefficient (Wildman–Crippen LogP) is 3.96. The summed E-state index contributed by atoms with van der Waals surface area (Å²) >= 11 is 1.64. The zero-order valence-electron chi connectivity index (χ0n) is 19.5. The van der Waals surface area contributed by atoms with E-state index in [9.17, 15) is 9.59 Å². The number of aromatic nitrogens is 2. The number of fused-ring (bicyclic) bond motifs is 2. The SMILES string of the molecule is C=CC(=O)N1CCC(C2CCNc3c(C(N)=O)c(-c4cc(OC)c5c(C)csc5c4)nn32)CC1. The maximum Gasteiger partial charge on any atom is 0.254 e. The fraction of sp³-hybridized carbons (Fsp3) is 0.400. The van der Waals surface area contributed by atoms with Gasteiger partial charge in [0, 0.05) is 35.3 Å². The normalized spacial score (nSPS) is 18.4. The number of hydrogen-bond acceptors (Lipinski definition) is 6. The van der Waals surface area contributed by atoms with Crippen LogP contribution in [0, 0.1) is 12.8 Å². The van der Waals surface area contributed by atoms with Crippen molar-refractivity contribution >= 4 is 39.1 Å². The van der Waals surface area contributed by atoms with Crippen molar-refractivity contribution in [2.75, 3.05) is 32.1 Å². The van der Waals surface area contributed by atoms with E-state index in [4.69, 9.17) is 15.6 Å². The van der Waals surface area contributed by atoms with Gasteiger partial charge in [0.05, 0.1) is 13.2 Å². The molecule has 1 fully saturated rings. The molecule has 0 spiro atoms. The highest BCUT2D eigenvalue weighted by atomic mass is 32.1. The maximum absolute atomic E-state index is 12.6. The van der Waals surface area contributed by atoms with E-state index in [1.807, 2.05) is 15.6 Å². The quantitative estimate of drug-likeness (QED) is 0.539. The number of benzene rings is 1. The molecule has 4 heterocycles. The number of carbonyl (C=O) groups excluding carboxylic acids is 2. The van der Waals surface area contributed by atoms with Gasteiger partial charge in [0.1, 0.15) is 22.8 Å². The molecule has 8 nitrogen and oxygen atoms in total. The van der Waals surface area contributed by atoms with Crippen LogP contribution < -0.4 is 15.8 Å². The highest BCUT2D eigenvalue weighted by molar-refractivity contribution is 7.17. The summed E-state index contributed by atoms with van der Waals surface area (Å²) in [5.74, 6) is 1.29. The maximum atomic E-state index is 12.6. The zero-order chi connectivity index (χ0) is 24.0. The van der Waals surface area contributed by atoms with E-state index in [-0.39, 0.29) is 11.9 Å². The van der Waals surface area contributed by atoms with Crippen molar-refractivity contribution in [2.24, 2.45) is 11.7 Å². The number of nitrogens with one attached hydrogen (secondary N) is 1. The minimum atomic E-state index is -0.503. The molecule has 2 amide bonds. The Morgan fingerprint density at radius 3 is 2.74 bits per heavy atom. The number of nitrogens with zero attached hydrogens (tertiary/aromatic N) is 3. The number of thiophene rings is 1. The van der Waals surface area contributed by atoms with Crippen LogP contribution >= 0.6 is 11.3 Å². The van der Waals surface area contributed by atoms with Crippen molar-refractivity contribution in [3.8, 4) is 17.0 Å². The number of hydrogen-bond donors (Lipinski definition) is 2. The topological polar surface area (TPSA) is 102 Å². The number of primary amides is 1. The van der Waals surface area contributed by atoms with Crippen LogP contribution in [-0.4, -0.2) is 53.2 Å². The monoisotopic (exact) mass is 479 g/mol. The number of piperidine rings is 1. The van der Waals surface area contributed by atoms with Crippen LogP contribution in [0.4, 0.5) is 5.82 Å². The number of ether oxygens (including phenoxy) is 1. The standard InChI is InChI=1S/C25H29N5O3S/c1-4-20(31)29-9-6-15(7-10-29)17-5-8-27-25-22(24(26)32)23(28-30(17)25)16-11-18(33-3)21-14(2)13-34-19(21)12-16/h4,11-13,15,17,27H,1,5-10H2,2-3H3,(H2,26,32). The molecule has 2 aromatic heterocycles. The Kier molecular flexibility index (Phi) is 5.81. The van der Waals surface area contributed by atoms with Gasteiger partial charge in [0.15, 0.2) is 0 Å². The Bertz CT molecular complexity index is 1290. The number of anilines is 1. The highest BCUT2D eigenvalue weighted by Gasteiger charge is 2.36. The zero-order valence-corrected chi connectivity index (χ0v) is 20.3. The number of rotatable bonds is 5. The number of amides is 2. The van der Waals surface area contributed by atoms with Crippen molar-refractivity contribution in [1.29, 1.82) is 0 Å². The number of carbonyl (C=O) groups is 2. The van der Waals surface area contributed by atoms with E-state index < -0.39 is 5.91 Å². The van der Waals surface area contributed by atoms with Crippen LogP contribution in [0.2, 0.25) is 0 Å². The molecule has 0 bridgehead atoms. The Morgan fingerprint density at radius 2 is 2.06 bits per heavy atom. The average molecular weight is 480 g/mol. The van der Waals surface area contributed by atoms with Crippen LogP contribution in [0.5, 0.6) is 5.75 Å². The molecule has 1 aromatic carbocycles. The number of likely N-dealkylation sites (tertiary alicyclic amines) is 1. The molecule has 2 aliphatic rings. The Hall–Kier alpha value is -3.33. The van der Waals surface area contributed by atoms with Crippen LogP contribution in [-0.2, 0) is 4.79 Å². The first-order valence-electron chi connectivity index (χ1n) is 11.6. The molecular formula is C25H29N5O3S. The van der Waals surface area contributed by atoms with Gasteiger partial charge >= 0.3 is 0 Å². The number of aryl methyl sites for hydroxylation is 1. The summed E-state index contributed by atoms with van der Waals surface area (Å²) in [6.45, 7) is 7.82. The minimum absolute atomic E-state index is 0.0185. The lowest BCUT2D eigenvalue weighted by Gasteiger charge is -2.38. The Morgan fingerprint density at radius 1 is 1.29 bits per heavy atom. The second-order valence-electron chi connectivity index (χ2n) is 9.00. The van der Waals surface area contributed by atoms with E-state index >= 15 is 0 Å². The first-order chi connectivity index (χ1) is 16.4. The van der Waals surface area contributed by atoms with Crippen LogP contribution in [0.25, 0.3) is 21.3 Å². The van der Waals surface area contributed by atoms with E-state index in [1.54, 1.807) is 18.4 Å². The smallest absolute Gasteiger partial charge is 0.254 e. The van der Waals surface area contributed by atoms with Crippen molar-refractivity contribution < 1.29 is 14.3 Å². The summed E-state index contributed by atoms with van der Waals surface area (Å²) < 4.78 is 8.73. The minimum Gasteiger partial charge on any atom is -0.496 e. The van der Waals surface area contributed by atoms with E-state index in [2.05, 4.69) is 30.3 Å². The third-order valence-corrected chi connectivity index (χ3v) is 8.14. The van der Waals surface area contributed by atoms with Gasteiger partial charge in [-0.25, -0.2) is 4.68 Å². The fourth-order valence-electron chi connectivity index (χ4n) is 5.39. The lowest BCUT2D eigenvalue weighted by molar-refractivity contribution is -0.127. The lowest BCUT2D eigenvalue weighted by Crippen LogP contribution is -2.41. The summed E-state index contributed by atoms with van der Waals surface area (Å²) in [5.41, 5.74) is 8.85. The van der Waals surface area contributed by atoms with Crippen molar-refractivity contribution in [3.05, 3.63) is 41.3 Å². The number of nitrogens with two attached hydrogens (primary N) is 1. The molecule has 1 saturated heterocycles. The molecule has 3 N–H and O–H groups in total. The van der Waals surface area contributed by atoms with Gasteiger partial charge in [-0.05, 0) is 61.3 Å². The predicted molar refractivity (Wildman–Crippen MR) is 134 cm³/mol. The van der Waals surface area contributed by atoms with Crippen LogP contribution in [0.15, 0.2) is 30.2 Å². The second kappa shape index (κ2) is 8.79. The number of methoxy groups -OCH3 is 1. The largest absolute Gasteiger partial charge is 0.496 e. The molecule has 3 aromatic rings. The highest BCUT2D eigenvalue weighted by Crippen LogP contribution is 2.42. The van der Waals surface area contributed by atoms with Gasteiger partial charge in [-0.3, -0.25) is 9.59 Å². The van der Waals surface area contributed by atoms with E-state index in [0.717, 1.165) is 52.8 Å². The molecule has 178 valence electrons. The van der Waals surface area contributed by atoms with Gasteiger partial charge in [-0.2, -0.15) is 5.10 Å². The van der Waals surface area contributed by atoms with Crippen molar-refractivity contribution in [3.63, 3.8) is 0 Å². The second-order valence-corrected chi connectivity index (χ2v) is 9.91. The summed E-state index contributed by atoms with van der Waals surface area (Å²) in [4.78, 5) is 26.5. The first-order valence-corrected chi connectivity index (χ1v) is 12.4. The molecular weight excluding hydrogens is 450 g/mol. The molecule has 0 saturated carbocycles. The fourth-order valence-corrected chi connectivity index (χ4v) is 6.39. The molecule has 34 heavy (non-hydrogen) atoms. The van der Waals surface area contributed by atoms with Gasteiger partial charge in [-0.1, -0.05) is 6.58 Å². The van der Waals surface area contributed by atoms with Gasteiger partial charge < -0.3 is 20.7 Å². The van der Waals surface area contributed by atoms with Gasteiger partial charge in [0.25, 0.3) is 5.91 Å². The summed E-state index contributed by atoms with van der Waals surface area (Å²) in [5, 5.41) is 11.5. The third kappa shape index (κ3) is 3.64. The molecule has 0 aliphatic carbocycles. The van der Waals surface area contributed by atoms with E-state index in [0.29, 0.717) is 36.1 Å². The molecule has 0 radical (unpaired) electrons. The molecule has 9 heteroatoms. The first kappa shape index (κ1) is 22.5. The van der Waals surface area contributed by atoms with Crippen molar-refractivity contribution in [2.45, 2.75) is 32.2 Å². The van der Waals surface area contributed by atoms with Gasteiger partial charge in [0.2, 0.25) is 5.91 Å². The summed E-state index contributed by atoms with van der Waals surface area (Å²) in [6, 6.07) is 4.14. The molecule has 5 rings (SSSR count). The van der Waals surface area contributed by atoms with Crippen LogP contribution in [0.3, 0.4) is 0 Å². The Labute approximate surface area is 202 Å². The van der Waals surface area contributed by atoms with Crippen molar-refractivity contribution in [1.82, 2.24) is 14.7 Å². The Balaban J connectivity index is 1.55. The average Bonchev–Trinajstić information content (AvgIpc) is 3.44. The third-order valence-electron chi connectivity index (χ3n) is 7.09. The lowest BCUT2D eigenvalue weighted by atomic mass is 9.87. The van der Waals surface area contributed by atoms with Gasteiger partial charge in [-0.15, -0.1) is 11.3 Å². The molecule has 1 atom stereocenters. The van der Waals surface area contributed by atoms with E-state index in [1.165, 1.54) is 6.08 Å².